The number of aromatic amines is 2. The Morgan fingerprint density at radius 2 is 1.84 bits per heavy atom. The van der Waals surface area contributed by atoms with Crippen LogP contribution in [0.4, 0.5) is 8.78 Å². The van der Waals surface area contributed by atoms with Gasteiger partial charge in [-0.3, -0.25) is 9.59 Å². The van der Waals surface area contributed by atoms with Crippen LogP contribution in [-0.4, -0.2) is 39.0 Å². The summed E-state index contributed by atoms with van der Waals surface area (Å²) in [6.45, 7) is 1.73. The van der Waals surface area contributed by atoms with Crippen LogP contribution in [0.25, 0.3) is 21.7 Å². The third kappa shape index (κ3) is 3.76. The van der Waals surface area contributed by atoms with E-state index in [4.69, 9.17) is 11.6 Å². The smallest absolute Gasteiger partial charge is 0.272 e. The van der Waals surface area contributed by atoms with Crippen molar-refractivity contribution >= 4 is 39.2 Å². The molecule has 0 fully saturated rings. The lowest BCUT2D eigenvalue weighted by Crippen LogP contribution is -2.35. The number of nitrogens with one attached hydrogen (secondary N) is 2. The highest BCUT2D eigenvalue weighted by molar-refractivity contribution is 6.38. The van der Waals surface area contributed by atoms with E-state index in [0.717, 1.165) is 12.1 Å². The molecule has 4 rings (SSSR count). The molecule has 0 bridgehead atoms. The number of carbonyl (C=O) groups excluding carboxylic acids is 1. The number of hydrogen-bond donors (Lipinski definition) is 3. The van der Waals surface area contributed by atoms with E-state index in [9.17, 15) is 23.5 Å². The Labute approximate surface area is 186 Å². The third-order valence-corrected chi connectivity index (χ3v) is 5.96. The van der Waals surface area contributed by atoms with Crippen molar-refractivity contribution in [2.75, 3.05) is 13.2 Å². The van der Waals surface area contributed by atoms with Crippen LogP contribution in [-0.2, 0) is 0 Å². The summed E-state index contributed by atoms with van der Waals surface area (Å²) in [7, 11) is 0. The van der Waals surface area contributed by atoms with Gasteiger partial charge in [-0.2, -0.15) is 0 Å². The molecule has 0 saturated carbocycles. The molecule has 0 aliphatic heterocycles. The normalized spacial score (nSPS) is 12.4. The quantitative estimate of drug-likeness (QED) is 0.396. The van der Waals surface area contributed by atoms with E-state index >= 15 is 0 Å². The number of fused-ring (bicyclic) bond motifs is 2. The molecule has 1 atom stereocenters. The minimum Gasteiger partial charge on any atom is -0.396 e. The van der Waals surface area contributed by atoms with E-state index in [-0.39, 0.29) is 41.1 Å². The molecule has 6 nitrogen and oxygen atoms in total. The number of pyridine rings is 1. The maximum Gasteiger partial charge on any atom is 0.272 e. The summed E-state index contributed by atoms with van der Waals surface area (Å²) < 4.78 is 27.7. The molecule has 2 heterocycles. The highest BCUT2D eigenvalue weighted by Gasteiger charge is 2.28. The molecule has 3 N–H and O–H groups in total. The fourth-order valence-corrected chi connectivity index (χ4v) is 4.19. The number of H-pyrrole nitrogens is 2. The van der Waals surface area contributed by atoms with Crippen molar-refractivity contribution in [3.63, 3.8) is 0 Å². The fraction of sp³-hybridized carbons (Fsp3) is 0.217. The van der Waals surface area contributed by atoms with Crippen LogP contribution in [0.3, 0.4) is 0 Å². The average molecular weight is 460 g/mol. The minimum atomic E-state index is -1.13. The number of benzene rings is 2. The molecular formula is C23H20ClF2N3O3. The summed E-state index contributed by atoms with van der Waals surface area (Å²) in [5.41, 5.74) is 0.741. The number of rotatable bonds is 6. The Balaban J connectivity index is 1.82. The Bertz CT molecular complexity index is 1380. The number of aromatic nitrogens is 2. The number of carbonyl (C=O) groups is 1. The van der Waals surface area contributed by atoms with Crippen molar-refractivity contribution in [2.24, 2.45) is 0 Å². The second-order valence-electron chi connectivity index (χ2n) is 7.50. The first-order valence-corrected chi connectivity index (χ1v) is 10.4. The van der Waals surface area contributed by atoms with Crippen LogP contribution in [0.15, 0.2) is 47.4 Å². The second kappa shape index (κ2) is 8.72. The highest BCUT2D eigenvalue weighted by atomic mass is 35.5. The molecule has 1 unspecified atom stereocenters. The minimum absolute atomic E-state index is 0.0218. The zero-order chi connectivity index (χ0) is 23.0. The number of hydrogen-bond acceptors (Lipinski definition) is 3. The SMILES string of the molecule is CC(c1c[nH]c(=O)c2cc(F)c(F)cc12)N(CCCO)C(=O)c1[nH]c2ccccc2c1Cl. The van der Waals surface area contributed by atoms with Gasteiger partial charge in [0.05, 0.1) is 16.5 Å². The lowest BCUT2D eigenvalue weighted by atomic mass is 10.0. The molecule has 9 heteroatoms. The molecule has 2 aromatic heterocycles. The van der Waals surface area contributed by atoms with Crippen molar-refractivity contribution in [1.29, 1.82) is 0 Å². The number of halogens is 3. The molecule has 0 spiro atoms. The molecule has 0 aliphatic carbocycles. The molecule has 2 aromatic carbocycles. The molecule has 4 aromatic rings. The summed E-state index contributed by atoms with van der Waals surface area (Å²) in [5.74, 6) is -2.65. The van der Waals surface area contributed by atoms with Gasteiger partial charge in [0.1, 0.15) is 5.69 Å². The topological polar surface area (TPSA) is 89.2 Å². The lowest BCUT2D eigenvalue weighted by Gasteiger charge is -2.30. The van der Waals surface area contributed by atoms with Crippen LogP contribution in [0.2, 0.25) is 5.02 Å². The van der Waals surface area contributed by atoms with Gasteiger partial charge in [0, 0.05) is 30.3 Å². The van der Waals surface area contributed by atoms with Gasteiger partial charge >= 0.3 is 0 Å². The third-order valence-electron chi connectivity index (χ3n) is 5.57. The Kier molecular flexibility index (Phi) is 5.99. The maximum atomic E-state index is 14.0. The van der Waals surface area contributed by atoms with E-state index in [0.29, 0.717) is 16.5 Å². The molecule has 1 amide bonds. The van der Waals surface area contributed by atoms with Crippen LogP contribution < -0.4 is 5.56 Å². The first-order valence-electron chi connectivity index (χ1n) is 10.0. The fourth-order valence-electron chi connectivity index (χ4n) is 3.90. The first kappa shape index (κ1) is 22.0. The summed E-state index contributed by atoms with van der Waals surface area (Å²) >= 11 is 6.47. The maximum absolute atomic E-state index is 14.0. The second-order valence-corrected chi connectivity index (χ2v) is 7.87. The van der Waals surface area contributed by atoms with E-state index < -0.39 is 29.1 Å². The zero-order valence-corrected chi connectivity index (χ0v) is 17.8. The summed E-state index contributed by atoms with van der Waals surface area (Å²) in [6, 6.07) is 8.36. The van der Waals surface area contributed by atoms with E-state index in [1.165, 1.54) is 11.1 Å². The van der Waals surface area contributed by atoms with Gasteiger partial charge in [-0.15, -0.1) is 0 Å². The number of aliphatic hydroxyl groups is 1. The summed E-state index contributed by atoms with van der Waals surface area (Å²) in [5, 5.41) is 10.5. The lowest BCUT2D eigenvalue weighted by molar-refractivity contribution is 0.0673. The average Bonchev–Trinajstić information content (AvgIpc) is 3.12. The Hall–Kier alpha value is -3.23. The molecule has 166 valence electrons. The predicted molar refractivity (Wildman–Crippen MR) is 119 cm³/mol. The van der Waals surface area contributed by atoms with Crippen LogP contribution in [0.1, 0.15) is 35.4 Å². The zero-order valence-electron chi connectivity index (χ0n) is 17.1. The number of para-hydroxylation sites is 1. The van der Waals surface area contributed by atoms with Crippen molar-refractivity contribution in [2.45, 2.75) is 19.4 Å². The summed E-state index contributed by atoms with van der Waals surface area (Å²) in [4.78, 5) is 32.7. The summed E-state index contributed by atoms with van der Waals surface area (Å²) in [6.07, 6.45) is 1.68. The largest absolute Gasteiger partial charge is 0.396 e. The Morgan fingerprint density at radius 3 is 2.53 bits per heavy atom. The van der Waals surface area contributed by atoms with Gasteiger partial charge < -0.3 is 20.0 Å². The highest BCUT2D eigenvalue weighted by Crippen LogP contribution is 2.32. The molecular weight excluding hydrogens is 440 g/mol. The predicted octanol–water partition coefficient (Wildman–Crippen LogP) is 4.53. The molecule has 0 aliphatic rings. The van der Waals surface area contributed by atoms with Crippen molar-refractivity contribution in [1.82, 2.24) is 14.9 Å². The molecule has 0 saturated heterocycles. The van der Waals surface area contributed by atoms with Crippen molar-refractivity contribution in [3.05, 3.63) is 80.9 Å². The van der Waals surface area contributed by atoms with Gasteiger partial charge in [0.2, 0.25) is 0 Å². The number of aliphatic hydroxyl groups excluding tert-OH is 1. The van der Waals surface area contributed by atoms with Crippen molar-refractivity contribution in [3.8, 4) is 0 Å². The molecule has 0 radical (unpaired) electrons. The van der Waals surface area contributed by atoms with Crippen LogP contribution in [0.5, 0.6) is 0 Å². The van der Waals surface area contributed by atoms with E-state index in [1.807, 2.05) is 12.1 Å². The molecule has 32 heavy (non-hydrogen) atoms. The number of nitrogens with zero attached hydrogens (tertiary/aromatic N) is 1. The Morgan fingerprint density at radius 1 is 1.16 bits per heavy atom. The van der Waals surface area contributed by atoms with Crippen LogP contribution >= 0.6 is 11.6 Å². The van der Waals surface area contributed by atoms with Gasteiger partial charge in [0.15, 0.2) is 11.6 Å². The monoisotopic (exact) mass is 459 g/mol. The van der Waals surface area contributed by atoms with E-state index in [2.05, 4.69) is 9.97 Å². The van der Waals surface area contributed by atoms with Gasteiger partial charge in [0.25, 0.3) is 11.5 Å². The first-order chi connectivity index (χ1) is 15.3. The van der Waals surface area contributed by atoms with E-state index in [1.54, 1.807) is 19.1 Å². The van der Waals surface area contributed by atoms with Crippen LogP contribution in [0, 0.1) is 11.6 Å². The number of amides is 1. The van der Waals surface area contributed by atoms with Gasteiger partial charge in [-0.1, -0.05) is 29.8 Å². The van der Waals surface area contributed by atoms with Gasteiger partial charge in [-0.25, -0.2) is 8.78 Å². The standard InChI is InChI=1S/C23H20ClF2N3O3/c1-12(16-11-27-22(31)15-10-18(26)17(25)9-14(15)16)29(7-4-8-30)23(32)21-20(24)13-5-2-3-6-19(13)28-21/h2-3,5-6,9-12,28,30H,4,7-8H2,1H3,(H,27,31). The van der Waals surface area contributed by atoms with Gasteiger partial charge in [-0.05, 0) is 42.5 Å². The van der Waals surface area contributed by atoms with Crippen molar-refractivity contribution < 1.29 is 18.7 Å².